The number of carbonyl (C=O) groups is 1. The topological polar surface area (TPSA) is 38.3 Å². The molecule has 4 heteroatoms. The molecule has 0 saturated carbocycles. The van der Waals surface area contributed by atoms with E-state index in [1.54, 1.807) is 0 Å². The quantitative estimate of drug-likeness (QED) is 0.313. The van der Waals surface area contributed by atoms with E-state index in [1.807, 2.05) is 20.8 Å². The average molecular weight is 203 g/mol. The first-order valence-electron chi connectivity index (χ1n) is 4.13. The maximum Gasteiger partial charge on any atom is 0.343 e. The van der Waals surface area contributed by atoms with Gasteiger partial charge in [-0.2, -0.15) is 0 Å². The smallest absolute Gasteiger partial charge is 0.343 e. The summed E-state index contributed by atoms with van der Waals surface area (Å²) < 4.78 is 4.82. The molecular formula is C9H17NO2S. The summed E-state index contributed by atoms with van der Waals surface area (Å²) in [7, 11) is 0. The summed E-state index contributed by atoms with van der Waals surface area (Å²) in [4.78, 5) is 11.0. The van der Waals surface area contributed by atoms with Crippen LogP contribution in [0.2, 0.25) is 0 Å². The molecule has 0 heterocycles. The van der Waals surface area contributed by atoms with E-state index in [9.17, 15) is 4.79 Å². The Morgan fingerprint density at radius 2 is 2.08 bits per heavy atom. The number of hydrogen-bond acceptors (Lipinski definition) is 4. The Balaban J connectivity index is 3.47. The van der Waals surface area contributed by atoms with Crippen molar-refractivity contribution in [2.75, 3.05) is 13.2 Å². The third kappa shape index (κ3) is 7.87. The minimum Gasteiger partial charge on any atom is -0.460 e. The molecule has 0 aliphatic carbocycles. The summed E-state index contributed by atoms with van der Waals surface area (Å²) in [6, 6.07) is 0. The zero-order valence-electron chi connectivity index (χ0n) is 8.39. The van der Waals surface area contributed by atoms with Gasteiger partial charge in [-0.1, -0.05) is 6.58 Å². The van der Waals surface area contributed by atoms with Gasteiger partial charge in [0.25, 0.3) is 0 Å². The second kappa shape index (κ2) is 5.29. The predicted octanol–water partition coefficient (Wildman–Crippen LogP) is 1.36. The number of ether oxygens (including phenoxy) is 1. The minimum absolute atomic E-state index is 0.0460. The fourth-order valence-electron chi connectivity index (χ4n) is 0.653. The molecule has 13 heavy (non-hydrogen) atoms. The van der Waals surface area contributed by atoms with E-state index in [0.717, 1.165) is 0 Å². The first-order chi connectivity index (χ1) is 5.83. The maximum atomic E-state index is 10.8. The number of esters is 1. The number of hydrogen-bond donors (Lipinski definition) is 2. The van der Waals surface area contributed by atoms with Crippen molar-refractivity contribution in [1.29, 1.82) is 0 Å². The zero-order chi connectivity index (χ0) is 10.5. The molecule has 0 bridgehead atoms. The van der Waals surface area contributed by atoms with Crippen molar-refractivity contribution in [3.63, 3.8) is 0 Å². The summed E-state index contributed by atoms with van der Waals surface area (Å²) >= 11 is 3.76. The number of thiol groups is 1. The Bertz CT molecular complexity index is 196. The molecule has 0 radical (unpaired) electrons. The molecule has 0 aromatic rings. The molecule has 0 aliphatic rings. The Morgan fingerprint density at radius 1 is 1.54 bits per heavy atom. The summed E-state index contributed by atoms with van der Waals surface area (Å²) in [6.07, 6.45) is 0. The van der Waals surface area contributed by atoms with Gasteiger partial charge in [0, 0.05) is 12.1 Å². The second-order valence-corrected chi connectivity index (χ2v) is 4.30. The van der Waals surface area contributed by atoms with Crippen molar-refractivity contribution in [2.24, 2.45) is 0 Å². The van der Waals surface area contributed by atoms with Crippen LogP contribution in [0, 0.1) is 0 Å². The SMILES string of the molecule is C=C(S)C(=O)OCCNC(C)(C)C. The second-order valence-electron chi connectivity index (χ2n) is 3.76. The van der Waals surface area contributed by atoms with Gasteiger partial charge in [0.1, 0.15) is 6.61 Å². The fraction of sp³-hybridized carbons (Fsp3) is 0.667. The Kier molecular flexibility index (Phi) is 5.10. The predicted molar refractivity (Wildman–Crippen MR) is 56.8 cm³/mol. The van der Waals surface area contributed by atoms with Gasteiger partial charge in [-0.25, -0.2) is 4.79 Å². The summed E-state index contributed by atoms with van der Waals surface area (Å²) in [6.45, 7) is 10.5. The van der Waals surface area contributed by atoms with Gasteiger partial charge >= 0.3 is 5.97 Å². The molecule has 76 valence electrons. The van der Waals surface area contributed by atoms with E-state index in [0.29, 0.717) is 13.2 Å². The Labute approximate surface area is 84.9 Å². The zero-order valence-corrected chi connectivity index (χ0v) is 9.28. The van der Waals surface area contributed by atoms with E-state index >= 15 is 0 Å². The Hall–Kier alpha value is -0.480. The van der Waals surface area contributed by atoms with Crippen molar-refractivity contribution in [3.8, 4) is 0 Å². The summed E-state index contributed by atoms with van der Waals surface area (Å²) in [5, 5.41) is 3.18. The normalized spacial score (nSPS) is 11.1. The van der Waals surface area contributed by atoms with Crippen LogP contribution in [-0.2, 0) is 9.53 Å². The van der Waals surface area contributed by atoms with Gasteiger partial charge in [-0.15, -0.1) is 12.6 Å². The fourth-order valence-corrected chi connectivity index (χ4v) is 0.718. The van der Waals surface area contributed by atoms with Crippen LogP contribution in [0.15, 0.2) is 11.5 Å². The van der Waals surface area contributed by atoms with E-state index < -0.39 is 5.97 Å². The minimum atomic E-state index is -0.459. The lowest BCUT2D eigenvalue weighted by molar-refractivity contribution is -0.138. The molecular weight excluding hydrogens is 186 g/mol. The molecule has 1 N–H and O–H groups in total. The highest BCUT2D eigenvalue weighted by Gasteiger charge is 2.08. The van der Waals surface area contributed by atoms with Crippen LogP contribution >= 0.6 is 12.6 Å². The highest BCUT2D eigenvalue weighted by molar-refractivity contribution is 7.85. The van der Waals surface area contributed by atoms with E-state index in [-0.39, 0.29) is 10.4 Å². The van der Waals surface area contributed by atoms with Crippen molar-refractivity contribution in [2.45, 2.75) is 26.3 Å². The van der Waals surface area contributed by atoms with Crippen LogP contribution in [0.1, 0.15) is 20.8 Å². The van der Waals surface area contributed by atoms with Gasteiger partial charge in [0.15, 0.2) is 0 Å². The molecule has 0 fully saturated rings. The number of nitrogens with one attached hydrogen (secondary N) is 1. The lowest BCUT2D eigenvalue weighted by Gasteiger charge is -2.20. The largest absolute Gasteiger partial charge is 0.460 e. The molecule has 0 aromatic carbocycles. The van der Waals surface area contributed by atoms with Gasteiger partial charge < -0.3 is 10.1 Å². The van der Waals surface area contributed by atoms with Crippen molar-refractivity contribution >= 4 is 18.6 Å². The molecule has 0 saturated heterocycles. The van der Waals surface area contributed by atoms with Gasteiger partial charge in [0.2, 0.25) is 0 Å². The maximum absolute atomic E-state index is 10.8. The molecule has 0 aliphatic heterocycles. The van der Waals surface area contributed by atoms with Gasteiger partial charge in [0.05, 0.1) is 4.91 Å². The van der Waals surface area contributed by atoms with Crippen LogP contribution in [0.3, 0.4) is 0 Å². The van der Waals surface area contributed by atoms with Crippen LogP contribution in [0.5, 0.6) is 0 Å². The average Bonchev–Trinajstić information content (AvgIpc) is 1.95. The third-order valence-corrected chi connectivity index (χ3v) is 1.41. The molecule has 0 unspecified atom stereocenters. The highest BCUT2D eigenvalue weighted by Crippen LogP contribution is 1.99. The molecule has 0 aromatic heterocycles. The Morgan fingerprint density at radius 3 is 2.46 bits per heavy atom. The first kappa shape index (κ1) is 12.5. The standard InChI is InChI=1S/C9H17NO2S/c1-7(13)8(11)12-6-5-10-9(2,3)4/h10,13H,1,5-6H2,2-4H3. The number of carbonyl (C=O) groups excluding carboxylic acids is 1. The summed E-state index contributed by atoms with van der Waals surface area (Å²) in [5.41, 5.74) is 0.0460. The third-order valence-electron chi connectivity index (χ3n) is 1.23. The van der Waals surface area contributed by atoms with Crippen LogP contribution in [0.4, 0.5) is 0 Å². The van der Waals surface area contributed by atoms with Crippen LogP contribution < -0.4 is 5.32 Å². The lowest BCUT2D eigenvalue weighted by Crippen LogP contribution is -2.38. The van der Waals surface area contributed by atoms with E-state index in [4.69, 9.17) is 4.74 Å². The van der Waals surface area contributed by atoms with Crippen LogP contribution in [0.25, 0.3) is 0 Å². The van der Waals surface area contributed by atoms with Crippen molar-refractivity contribution in [1.82, 2.24) is 5.32 Å². The number of rotatable bonds is 4. The molecule has 0 rings (SSSR count). The van der Waals surface area contributed by atoms with Crippen LogP contribution in [-0.4, -0.2) is 24.7 Å². The van der Waals surface area contributed by atoms with Crippen molar-refractivity contribution in [3.05, 3.63) is 11.5 Å². The van der Waals surface area contributed by atoms with Crippen molar-refractivity contribution < 1.29 is 9.53 Å². The molecule has 0 atom stereocenters. The molecule has 0 amide bonds. The summed E-state index contributed by atoms with van der Waals surface area (Å²) in [5.74, 6) is -0.459. The first-order valence-corrected chi connectivity index (χ1v) is 4.57. The lowest BCUT2D eigenvalue weighted by atomic mass is 10.1. The van der Waals surface area contributed by atoms with Gasteiger partial charge in [-0.05, 0) is 20.8 Å². The highest BCUT2D eigenvalue weighted by atomic mass is 32.1. The van der Waals surface area contributed by atoms with E-state index in [1.165, 1.54) is 0 Å². The monoisotopic (exact) mass is 203 g/mol. The van der Waals surface area contributed by atoms with E-state index in [2.05, 4.69) is 24.5 Å². The molecule has 0 spiro atoms. The van der Waals surface area contributed by atoms with Gasteiger partial charge in [-0.3, -0.25) is 0 Å². The molecule has 3 nitrogen and oxygen atoms in total.